The molecular formula is C13H22N2. The number of hydrogen-bond donors (Lipinski definition) is 1. The third-order valence-electron chi connectivity index (χ3n) is 3.70. The van der Waals surface area contributed by atoms with Gasteiger partial charge in [0.25, 0.3) is 0 Å². The second-order valence-electron chi connectivity index (χ2n) is 5.24. The molecule has 84 valence electrons. The van der Waals surface area contributed by atoms with Gasteiger partial charge in [-0.1, -0.05) is 12.8 Å². The monoisotopic (exact) mass is 206 g/mol. The van der Waals surface area contributed by atoms with Crippen molar-refractivity contribution in [3.63, 3.8) is 0 Å². The van der Waals surface area contributed by atoms with E-state index in [9.17, 15) is 0 Å². The van der Waals surface area contributed by atoms with Crippen LogP contribution in [0.3, 0.4) is 0 Å². The molecule has 2 fully saturated rings. The molecule has 1 N–H and O–H groups in total. The predicted octanol–water partition coefficient (Wildman–Crippen LogP) is 1.19. The van der Waals surface area contributed by atoms with E-state index >= 15 is 0 Å². The van der Waals surface area contributed by atoms with Gasteiger partial charge in [-0.15, -0.1) is 6.42 Å². The van der Waals surface area contributed by atoms with Crippen LogP contribution in [-0.2, 0) is 0 Å². The van der Waals surface area contributed by atoms with Crippen molar-refractivity contribution in [1.82, 2.24) is 10.2 Å². The molecule has 1 aliphatic heterocycles. The van der Waals surface area contributed by atoms with Crippen LogP contribution in [0.5, 0.6) is 0 Å². The Labute approximate surface area is 93.4 Å². The summed E-state index contributed by atoms with van der Waals surface area (Å²) in [5.41, 5.74) is 0. The minimum Gasteiger partial charge on any atom is -0.316 e. The standard InChI is InChI=1S/C13H22N2/c1-3-6-15(9-12-4-5-12)10-13-8-14-7-11(13)2/h1,11-14H,4-10H2,2H3/t11-,13+/m1/s1. The van der Waals surface area contributed by atoms with Crippen LogP contribution in [0.25, 0.3) is 0 Å². The first-order valence-corrected chi connectivity index (χ1v) is 6.16. The molecular weight excluding hydrogens is 184 g/mol. The van der Waals surface area contributed by atoms with Crippen LogP contribution >= 0.6 is 0 Å². The summed E-state index contributed by atoms with van der Waals surface area (Å²) in [7, 11) is 0. The van der Waals surface area contributed by atoms with Crippen molar-refractivity contribution in [3.8, 4) is 12.3 Å². The molecule has 0 spiro atoms. The van der Waals surface area contributed by atoms with E-state index in [0.717, 1.165) is 24.3 Å². The van der Waals surface area contributed by atoms with E-state index < -0.39 is 0 Å². The van der Waals surface area contributed by atoms with Gasteiger partial charge in [0.15, 0.2) is 0 Å². The number of hydrogen-bond acceptors (Lipinski definition) is 2. The lowest BCUT2D eigenvalue weighted by Crippen LogP contribution is -2.34. The highest BCUT2D eigenvalue weighted by Gasteiger charge is 2.28. The first-order valence-electron chi connectivity index (χ1n) is 6.16. The van der Waals surface area contributed by atoms with E-state index in [-0.39, 0.29) is 0 Å². The van der Waals surface area contributed by atoms with Gasteiger partial charge >= 0.3 is 0 Å². The first kappa shape index (κ1) is 11.0. The summed E-state index contributed by atoms with van der Waals surface area (Å²) in [6.45, 7) is 7.95. The molecule has 2 atom stereocenters. The SMILES string of the molecule is C#CCN(CC1CC1)C[C@@H]1CNC[C@H]1C. The Hall–Kier alpha value is -0.520. The number of nitrogens with one attached hydrogen (secondary N) is 1. The van der Waals surface area contributed by atoms with Crippen LogP contribution in [0.2, 0.25) is 0 Å². The lowest BCUT2D eigenvalue weighted by atomic mass is 9.97. The highest BCUT2D eigenvalue weighted by atomic mass is 15.1. The fourth-order valence-corrected chi connectivity index (χ4v) is 2.44. The molecule has 0 amide bonds. The fourth-order valence-electron chi connectivity index (χ4n) is 2.44. The summed E-state index contributed by atoms with van der Waals surface area (Å²) in [6.07, 6.45) is 8.26. The van der Waals surface area contributed by atoms with E-state index in [1.165, 1.54) is 39.0 Å². The van der Waals surface area contributed by atoms with Crippen molar-refractivity contribution in [2.45, 2.75) is 19.8 Å². The third-order valence-corrected chi connectivity index (χ3v) is 3.70. The lowest BCUT2D eigenvalue weighted by Gasteiger charge is -2.25. The van der Waals surface area contributed by atoms with E-state index in [4.69, 9.17) is 6.42 Å². The molecule has 0 radical (unpaired) electrons. The Morgan fingerprint density at radius 3 is 2.67 bits per heavy atom. The molecule has 2 aliphatic rings. The van der Waals surface area contributed by atoms with Crippen LogP contribution < -0.4 is 5.32 Å². The highest BCUT2D eigenvalue weighted by molar-refractivity contribution is 4.92. The Balaban J connectivity index is 1.79. The molecule has 1 heterocycles. The second kappa shape index (κ2) is 5.01. The van der Waals surface area contributed by atoms with Crippen LogP contribution in [0.1, 0.15) is 19.8 Å². The highest BCUT2D eigenvalue weighted by Crippen LogP contribution is 2.30. The normalized spacial score (nSPS) is 30.7. The zero-order valence-corrected chi connectivity index (χ0v) is 9.71. The molecule has 2 heteroatoms. The molecule has 1 aliphatic carbocycles. The summed E-state index contributed by atoms with van der Waals surface area (Å²) >= 11 is 0. The summed E-state index contributed by atoms with van der Waals surface area (Å²) < 4.78 is 0. The maximum absolute atomic E-state index is 5.43. The number of terminal acetylenes is 1. The van der Waals surface area contributed by atoms with Gasteiger partial charge in [0, 0.05) is 13.1 Å². The van der Waals surface area contributed by atoms with Crippen LogP contribution in [0.4, 0.5) is 0 Å². The number of rotatable bonds is 5. The van der Waals surface area contributed by atoms with Crippen LogP contribution in [-0.4, -0.2) is 37.6 Å². The molecule has 0 aromatic heterocycles. The molecule has 2 nitrogen and oxygen atoms in total. The zero-order chi connectivity index (χ0) is 10.7. The molecule has 15 heavy (non-hydrogen) atoms. The molecule has 0 bridgehead atoms. The second-order valence-corrected chi connectivity index (χ2v) is 5.24. The van der Waals surface area contributed by atoms with Crippen molar-refractivity contribution in [1.29, 1.82) is 0 Å². The average molecular weight is 206 g/mol. The van der Waals surface area contributed by atoms with E-state index in [1.54, 1.807) is 0 Å². The topological polar surface area (TPSA) is 15.3 Å². The predicted molar refractivity (Wildman–Crippen MR) is 63.5 cm³/mol. The first-order chi connectivity index (χ1) is 7.29. The third kappa shape index (κ3) is 3.22. The molecule has 0 unspecified atom stereocenters. The lowest BCUT2D eigenvalue weighted by molar-refractivity contribution is 0.232. The maximum atomic E-state index is 5.43. The minimum absolute atomic E-state index is 0.803. The smallest absolute Gasteiger partial charge is 0.0599 e. The Kier molecular flexibility index (Phi) is 3.66. The van der Waals surface area contributed by atoms with Crippen molar-refractivity contribution in [2.24, 2.45) is 17.8 Å². The van der Waals surface area contributed by atoms with Crippen LogP contribution in [0.15, 0.2) is 0 Å². The van der Waals surface area contributed by atoms with Crippen molar-refractivity contribution in [3.05, 3.63) is 0 Å². The summed E-state index contributed by atoms with van der Waals surface area (Å²) in [6, 6.07) is 0. The maximum Gasteiger partial charge on any atom is 0.0599 e. The molecule has 0 aromatic carbocycles. The minimum atomic E-state index is 0.803. The van der Waals surface area contributed by atoms with E-state index in [2.05, 4.69) is 23.1 Å². The zero-order valence-electron chi connectivity index (χ0n) is 9.71. The van der Waals surface area contributed by atoms with Gasteiger partial charge in [-0.3, -0.25) is 4.90 Å². The van der Waals surface area contributed by atoms with Crippen molar-refractivity contribution < 1.29 is 0 Å². The molecule has 2 rings (SSSR count). The van der Waals surface area contributed by atoms with Gasteiger partial charge < -0.3 is 5.32 Å². The summed E-state index contributed by atoms with van der Waals surface area (Å²) in [4.78, 5) is 2.48. The summed E-state index contributed by atoms with van der Waals surface area (Å²) in [5, 5.41) is 3.46. The van der Waals surface area contributed by atoms with E-state index in [1.807, 2.05) is 0 Å². The average Bonchev–Trinajstić information content (AvgIpc) is 2.92. The van der Waals surface area contributed by atoms with Gasteiger partial charge in [0.1, 0.15) is 0 Å². The van der Waals surface area contributed by atoms with Gasteiger partial charge in [0.05, 0.1) is 6.54 Å². The summed E-state index contributed by atoms with van der Waals surface area (Å²) in [5.74, 6) is 5.36. The largest absolute Gasteiger partial charge is 0.316 e. The van der Waals surface area contributed by atoms with Gasteiger partial charge in [-0.25, -0.2) is 0 Å². The molecule has 1 saturated carbocycles. The Morgan fingerprint density at radius 1 is 1.33 bits per heavy atom. The van der Waals surface area contributed by atoms with E-state index in [0.29, 0.717) is 0 Å². The Morgan fingerprint density at radius 2 is 2.13 bits per heavy atom. The Bertz CT molecular complexity index is 239. The quantitative estimate of drug-likeness (QED) is 0.680. The van der Waals surface area contributed by atoms with Gasteiger partial charge in [-0.05, 0) is 43.7 Å². The van der Waals surface area contributed by atoms with Crippen molar-refractivity contribution in [2.75, 3.05) is 32.7 Å². The fraction of sp³-hybridized carbons (Fsp3) is 0.846. The van der Waals surface area contributed by atoms with Crippen LogP contribution in [0, 0.1) is 30.1 Å². The molecule has 1 saturated heterocycles. The molecule has 0 aromatic rings. The number of nitrogens with zero attached hydrogens (tertiary/aromatic N) is 1. The van der Waals surface area contributed by atoms with Gasteiger partial charge in [-0.2, -0.15) is 0 Å². The van der Waals surface area contributed by atoms with Crippen molar-refractivity contribution >= 4 is 0 Å². The van der Waals surface area contributed by atoms with Gasteiger partial charge in [0.2, 0.25) is 0 Å².